The van der Waals surface area contributed by atoms with Crippen molar-refractivity contribution in [3.63, 3.8) is 0 Å². The summed E-state index contributed by atoms with van der Waals surface area (Å²) in [7, 11) is 0. The molecule has 5 nitrogen and oxygen atoms in total. The molecular weight excluding hydrogens is 360 g/mol. The normalized spacial score (nSPS) is 16.0. The molecule has 4 rings (SSSR count). The van der Waals surface area contributed by atoms with E-state index in [1.54, 1.807) is 12.4 Å². The summed E-state index contributed by atoms with van der Waals surface area (Å²) in [6.07, 6.45) is 7.05. The molecule has 2 N–H and O–H groups in total. The van der Waals surface area contributed by atoms with Gasteiger partial charge in [0.2, 0.25) is 5.91 Å². The van der Waals surface area contributed by atoms with Crippen molar-refractivity contribution in [2.45, 2.75) is 38.5 Å². The fraction of sp³-hybridized carbons (Fsp3) is 0.286. The zero-order chi connectivity index (χ0) is 18.8. The number of rotatable bonds is 4. The first-order valence-corrected chi connectivity index (χ1v) is 9.53. The minimum Gasteiger partial charge on any atom is -0.309 e. The maximum atomic E-state index is 12.7. The summed E-state index contributed by atoms with van der Waals surface area (Å²) in [6.45, 7) is 1.95. The van der Waals surface area contributed by atoms with Crippen LogP contribution in [0.1, 0.15) is 41.9 Å². The predicted molar refractivity (Wildman–Crippen MR) is 107 cm³/mol. The Morgan fingerprint density at radius 1 is 1.30 bits per heavy atom. The van der Waals surface area contributed by atoms with Crippen LogP contribution in [0.15, 0.2) is 42.7 Å². The van der Waals surface area contributed by atoms with Crippen LogP contribution in [0.25, 0.3) is 11.3 Å². The highest BCUT2D eigenvalue weighted by Gasteiger charge is 2.23. The number of benzene rings is 1. The van der Waals surface area contributed by atoms with Crippen LogP contribution in [0.4, 0.5) is 5.82 Å². The van der Waals surface area contributed by atoms with E-state index in [2.05, 4.69) is 26.6 Å². The summed E-state index contributed by atoms with van der Waals surface area (Å²) in [4.78, 5) is 16.7. The smallest absolute Gasteiger partial charge is 0.226 e. The minimum absolute atomic E-state index is 0.0151. The number of hydrogen-bond acceptors (Lipinski definition) is 3. The maximum absolute atomic E-state index is 12.7. The van der Waals surface area contributed by atoms with Gasteiger partial charge in [-0.2, -0.15) is 5.10 Å². The number of aromatic amines is 1. The van der Waals surface area contributed by atoms with Crippen LogP contribution in [0, 0.1) is 6.92 Å². The molecule has 0 bridgehead atoms. The second-order valence-corrected chi connectivity index (χ2v) is 7.43. The minimum atomic E-state index is -0.0151. The van der Waals surface area contributed by atoms with Crippen LogP contribution in [0.3, 0.4) is 0 Å². The highest BCUT2D eigenvalue weighted by Crippen LogP contribution is 2.35. The Bertz CT molecular complexity index is 968. The lowest BCUT2D eigenvalue weighted by molar-refractivity contribution is -0.116. The van der Waals surface area contributed by atoms with Gasteiger partial charge in [-0.05, 0) is 67.5 Å². The third-order valence-electron chi connectivity index (χ3n) is 5.21. The molecule has 0 radical (unpaired) electrons. The number of nitrogens with zero attached hydrogens (tertiary/aromatic N) is 2. The lowest BCUT2D eigenvalue weighted by atomic mass is 9.81. The van der Waals surface area contributed by atoms with Gasteiger partial charge in [0.1, 0.15) is 0 Å². The molecule has 1 atom stereocenters. The first-order valence-electron chi connectivity index (χ1n) is 9.15. The lowest BCUT2D eigenvalue weighted by Gasteiger charge is -2.25. The molecule has 27 heavy (non-hydrogen) atoms. The van der Waals surface area contributed by atoms with E-state index >= 15 is 0 Å². The first kappa shape index (κ1) is 17.7. The quantitative estimate of drug-likeness (QED) is 0.677. The summed E-state index contributed by atoms with van der Waals surface area (Å²) in [5, 5.41) is 11.0. The van der Waals surface area contributed by atoms with E-state index in [1.165, 1.54) is 11.1 Å². The molecule has 0 saturated carbocycles. The number of aromatic nitrogens is 3. The van der Waals surface area contributed by atoms with E-state index in [4.69, 9.17) is 11.6 Å². The fourth-order valence-corrected chi connectivity index (χ4v) is 4.02. The maximum Gasteiger partial charge on any atom is 0.226 e. The number of hydrogen-bond donors (Lipinski definition) is 2. The number of carbonyl (C=O) groups is 1. The Kier molecular flexibility index (Phi) is 4.94. The average Bonchev–Trinajstić information content (AvgIpc) is 3.02. The summed E-state index contributed by atoms with van der Waals surface area (Å²) in [5.74, 6) is 0.794. The molecule has 6 heteroatoms. The average molecular weight is 381 g/mol. The number of anilines is 1. The Labute approximate surface area is 163 Å². The van der Waals surface area contributed by atoms with Gasteiger partial charge in [0.15, 0.2) is 5.82 Å². The molecule has 0 aliphatic heterocycles. The summed E-state index contributed by atoms with van der Waals surface area (Å²) in [6, 6.07) is 9.83. The number of amides is 1. The highest BCUT2D eigenvalue weighted by molar-refractivity contribution is 6.30. The van der Waals surface area contributed by atoms with Crippen LogP contribution in [0.5, 0.6) is 0 Å². The summed E-state index contributed by atoms with van der Waals surface area (Å²) in [5.41, 5.74) is 5.32. The van der Waals surface area contributed by atoms with Gasteiger partial charge in [-0.25, -0.2) is 0 Å². The summed E-state index contributed by atoms with van der Waals surface area (Å²) >= 11 is 6.11. The monoisotopic (exact) mass is 380 g/mol. The number of H-pyrrole nitrogens is 1. The van der Waals surface area contributed by atoms with Gasteiger partial charge >= 0.3 is 0 Å². The second-order valence-electron chi connectivity index (χ2n) is 6.99. The summed E-state index contributed by atoms with van der Waals surface area (Å²) < 4.78 is 0. The standard InChI is InChI=1S/C21H21ClN4O/c1-13-20(14-7-9-23-10-8-14)25-26-21(13)24-19(27)12-16-4-2-3-15-11-17(22)5-6-18(15)16/h5-11,16H,2-4,12H2,1H3,(H2,24,25,26,27). The van der Waals surface area contributed by atoms with E-state index in [-0.39, 0.29) is 11.8 Å². The third kappa shape index (κ3) is 3.74. The zero-order valence-electron chi connectivity index (χ0n) is 15.1. The molecule has 2 heterocycles. The predicted octanol–water partition coefficient (Wildman–Crippen LogP) is 4.88. The van der Waals surface area contributed by atoms with Crippen molar-refractivity contribution in [1.29, 1.82) is 0 Å². The van der Waals surface area contributed by atoms with Crippen molar-refractivity contribution in [1.82, 2.24) is 15.2 Å². The van der Waals surface area contributed by atoms with Crippen LogP contribution in [0.2, 0.25) is 5.02 Å². The van der Waals surface area contributed by atoms with E-state index in [1.807, 2.05) is 31.2 Å². The largest absolute Gasteiger partial charge is 0.309 e. The zero-order valence-corrected chi connectivity index (χ0v) is 15.9. The van der Waals surface area contributed by atoms with Gasteiger partial charge in [-0.3, -0.25) is 14.9 Å². The third-order valence-corrected chi connectivity index (χ3v) is 5.45. The molecular formula is C21H21ClN4O. The van der Waals surface area contributed by atoms with Crippen LogP contribution >= 0.6 is 11.6 Å². The molecule has 1 unspecified atom stereocenters. The van der Waals surface area contributed by atoms with Gasteiger partial charge in [0, 0.05) is 35.0 Å². The number of fused-ring (bicyclic) bond motifs is 1. The Hall–Kier alpha value is -2.66. The first-order chi connectivity index (χ1) is 13.1. The second kappa shape index (κ2) is 7.53. The highest BCUT2D eigenvalue weighted by atomic mass is 35.5. The SMILES string of the molecule is Cc1c(NC(=O)CC2CCCc3cc(Cl)ccc32)n[nH]c1-c1ccncc1. The molecule has 2 aromatic heterocycles. The molecule has 3 aromatic rings. The molecule has 1 aliphatic carbocycles. The van der Waals surface area contributed by atoms with E-state index in [9.17, 15) is 4.79 Å². The van der Waals surface area contributed by atoms with Crippen molar-refractivity contribution in [3.8, 4) is 11.3 Å². The number of carbonyl (C=O) groups excluding carboxylic acids is 1. The van der Waals surface area contributed by atoms with Crippen molar-refractivity contribution in [3.05, 3.63) is 64.4 Å². The fourth-order valence-electron chi connectivity index (χ4n) is 3.82. The molecule has 1 amide bonds. The molecule has 0 spiro atoms. The van der Waals surface area contributed by atoms with E-state index in [0.29, 0.717) is 12.2 Å². The van der Waals surface area contributed by atoms with E-state index in [0.717, 1.165) is 41.1 Å². The van der Waals surface area contributed by atoms with E-state index < -0.39 is 0 Å². The van der Waals surface area contributed by atoms with Crippen molar-refractivity contribution >= 4 is 23.3 Å². The number of pyridine rings is 1. The molecule has 0 saturated heterocycles. The van der Waals surface area contributed by atoms with Crippen molar-refractivity contribution < 1.29 is 4.79 Å². The van der Waals surface area contributed by atoms with Gasteiger partial charge in [0.05, 0.1) is 5.69 Å². The molecule has 138 valence electrons. The van der Waals surface area contributed by atoms with Crippen LogP contribution < -0.4 is 5.32 Å². The van der Waals surface area contributed by atoms with Gasteiger partial charge < -0.3 is 5.32 Å². The van der Waals surface area contributed by atoms with Gasteiger partial charge in [-0.1, -0.05) is 17.7 Å². The molecule has 0 fully saturated rings. The number of aryl methyl sites for hydroxylation is 1. The number of nitrogens with one attached hydrogen (secondary N) is 2. The van der Waals surface area contributed by atoms with Gasteiger partial charge in [-0.15, -0.1) is 0 Å². The Morgan fingerprint density at radius 3 is 2.93 bits per heavy atom. The topological polar surface area (TPSA) is 70.7 Å². The van der Waals surface area contributed by atoms with Crippen LogP contribution in [-0.4, -0.2) is 21.1 Å². The van der Waals surface area contributed by atoms with Crippen molar-refractivity contribution in [2.24, 2.45) is 0 Å². The Balaban J connectivity index is 1.48. The van der Waals surface area contributed by atoms with Crippen molar-refractivity contribution in [2.75, 3.05) is 5.32 Å². The van der Waals surface area contributed by atoms with Crippen LogP contribution in [-0.2, 0) is 11.2 Å². The van der Waals surface area contributed by atoms with Gasteiger partial charge in [0.25, 0.3) is 0 Å². The Morgan fingerprint density at radius 2 is 2.11 bits per heavy atom. The molecule has 1 aliphatic rings. The molecule has 1 aromatic carbocycles. The number of halogens is 1. The lowest BCUT2D eigenvalue weighted by Crippen LogP contribution is -2.19.